The molecule has 1 atom stereocenters. The molecule has 0 bridgehead atoms. The van der Waals surface area contributed by atoms with Gasteiger partial charge in [0.2, 0.25) is 11.8 Å². The molecule has 0 radical (unpaired) electrons. The number of piperazine rings is 1. The average Bonchev–Trinajstić information content (AvgIpc) is 3.36. The Balaban J connectivity index is 1.56. The van der Waals surface area contributed by atoms with Crippen molar-refractivity contribution < 1.29 is 14.0 Å². The van der Waals surface area contributed by atoms with Crippen molar-refractivity contribution >= 4 is 22.8 Å². The first kappa shape index (κ1) is 18.0. The predicted molar refractivity (Wildman–Crippen MR) is 104 cm³/mol. The number of furan rings is 1. The van der Waals surface area contributed by atoms with Gasteiger partial charge in [-0.15, -0.1) is 0 Å². The van der Waals surface area contributed by atoms with Crippen molar-refractivity contribution in [1.82, 2.24) is 15.5 Å². The van der Waals surface area contributed by atoms with Crippen molar-refractivity contribution in [3.8, 4) is 0 Å². The van der Waals surface area contributed by atoms with Crippen LogP contribution in [0.15, 0.2) is 16.7 Å². The zero-order chi connectivity index (χ0) is 19.1. The second-order valence-electron chi connectivity index (χ2n) is 7.87. The third-order valence-corrected chi connectivity index (χ3v) is 5.76. The van der Waals surface area contributed by atoms with Crippen molar-refractivity contribution in [2.24, 2.45) is 0 Å². The Hall–Kier alpha value is -2.34. The van der Waals surface area contributed by atoms with Crippen LogP contribution < -0.4 is 10.6 Å². The van der Waals surface area contributed by atoms with Crippen LogP contribution in [0.25, 0.3) is 11.0 Å². The maximum absolute atomic E-state index is 13.1. The number of hydrogen-bond donors (Lipinski definition) is 2. The molecule has 1 aliphatic carbocycles. The highest BCUT2D eigenvalue weighted by atomic mass is 16.3. The summed E-state index contributed by atoms with van der Waals surface area (Å²) in [7, 11) is 0. The van der Waals surface area contributed by atoms with E-state index in [1.54, 1.807) is 11.2 Å². The SMILES string of the molecule is Cc1cc(C)c2c(CC(=O)N3CCNCC3C(=O)NC3CC3)coc2c1C. The van der Waals surface area contributed by atoms with Crippen LogP contribution >= 0.6 is 0 Å². The van der Waals surface area contributed by atoms with E-state index in [1.807, 2.05) is 6.92 Å². The molecule has 1 saturated heterocycles. The smallest absolute Gasteiger partial charge is 0.244 e. The molecule has 1 unspecified atom stereocenters. The van der Waals surface area contributed by atoms with Gasteiger partial charge in [0.25, 0.3) is 0 Å². The van der Waals surface area contributed by atoms with Gasteiger partial charge in [-0.25, -0.2) is 0 Å². The molecule has 4 rings (SSSR count). The van der Waals surface area contributed by atoms with E-state index in [1.165, 1.54) is 5.56 Å². The van der Waals surface area contributed by atoms with Crippen LogP contribution in [0.3, 0.4) is 0 Å². The largest absolute Gasteiger partial charge is 0.464 e. The summed E-state index contributed by atoms with van der Waals surface area (Å²) in [5, 5.41) is 7.29. The summed E-state index contributed by atoms with van der Waals surface area (Å²) < 4.78 is 5.80. The van der Waals surface area contributed by atoms with Crippen LogP contribution in [0.1, 0.15) is 35.1 Å². The van der Waals surface area contributed by atoms with Crippen LogP contribution in [0.5, 0.6) is 0 Å². The van der Waals surface area contributed by atoms with Crippen molar-refractivity contribution in [3.05, 3.63) is 34.6 Å². The standard InChI is InChI=1S/C21H27N3O3/c1-12-8-13(2)19-15(11-27-20(19)14(12)3)9-18(25)24-7-6-22-10-17(24)21(26)23-16-4-5-16/h8,11,16-17,22H,4-7,9-10H2,1-3H3,(H,23,26). The van der Waals surface area contributed by atoms with Gasteiger partial charge in [0.15, 0.2) is 0 Å². The Morgan fingerprint density at radius 2 is 2.04 bits per heavy atom. The number of benzene rings is 1. The Bertz CT molecular complexity index is 898. The normalized spacial score (nSPS) is 20.1. The maximum Gasteiger partial charge on any atom is 0.244 e. The highest BCUT2D eigenvalue weighted by molar-refractivity contribution is 5.94. The topological polar surface area (TPSA) is 74.6 Å². The Morgan fingerprint density at radius 1 is 1.26 bits per heavy atom. The molecule has 2 aromatic rings. The van der Waals surface area contributed by atoms with Crippen molar-refractivity contribution in [2.45, 2.75) is 52.1 Å². The van der Waals surface area contributed by atoms with Crippen molar-refractivity contribution in [2.75, 3.05) is 19.6 Å². The van der Waals surface area contributed by atoms with E-state index >= 15 is 0 Å². The number of carbonyl (C=O) groups excluding carboxylic acids is 2. The first-order valence-electron chi connectivity index (χ1n) is 9.73. The summed E-state index contributed by atoms with van der Waals surface area (Å²) in [5.41, 5.74) is 5.17. The lowest BCUT2D eigenvalue weighted by atomic mass is 9.98. The molecule has 2 aliphatic rings. The fraction of sp³-hybridized carbons (Fsp3) is 0.524. The molecule has 2 amide bonds. The molecule has 1 aromatic carbocycles. The first-order chi connectivity index (χ1) is 13.0. The highest BCUT2D eigenvalue weighted by Crippen LogP contribution is 2.30. The van der Waals surface area contributed by atoms with Gasteiger partial charge in [0, 0.05) is 36.6 Å². The zero-order valence-corrected chi connectivity index (χ0v) is 16.2. The second-order valence-corrected chi connectivity index (χ2v) is 7.87. The lowest BCUT2D eigenvalue weighted by Crippen LogP contribution is -2.60. The number of amides is 2. The Labute approximate surface area is 159 Å². The molecule has 1 saturated carbocycles. The molecular formula is C21H27N3O3. The number of aryl methyl sites for hydroxylation is 3. The average molecular weight is 369 g/mol. The van der Waals surface area contributed by atoms with Gasteiger partial charge in [-0.1, -0.05) is 6.07 Å². The van der Waals surface area contributed by atoms with Crippen LogP contribution in [-0.4, -0.2) is 48.4 Å². The monoisotopic (exact) mass is 369 g/mol. The van der Waals surface area contributed by atoms with Crippen LogP contribution in [0.4, 0.5) is 0 Å². The summed E-state index contributed by atoms with van der Waals surface area (Å²) in [4.78, 5) is 27.3. The van der Waals surface area contributed by atoms with Gasteiger partial charge in [-0.2, -0.15) is 0 Å². The molecule has 6 heteroatoms. The Morgan fingerprint density at radius 3 is 2.78 bits per heavy atom. The summed E-state index contributed by atoms with van der Waals surface area (Å²) in [6, 6.07) is 2.00. The number of fused-ring (bicyclic) bond motifs is 1. The molecule has 2 fully saturated rings. The maximum atomic E-state index is 13.1. The third-order valence-electron chi connectivity index (χ3n) is 5.76. The summed E-state index contributed by atoms with van der Waals surface area (Å²) in [6.45, 7) is 7.93. The molecule has 1 aromatic heterocycles. The number of carbonyl (C=O) groups is 2. The quantitative estimate of drug-likeness (QED) is 0.864. The van der Waals surface area contributed by atoms with Crippen LogP contribution in [-0.2, 0) is 16.0 Å². The number of nitrogens with one attached hydrogen (secondary N) is 2. The van der Waals surface area contributed by atoms with E-state index in [-0.39, 0.29) is 18.2 Å². The van der Waals surface area contributed by atoms with E-state index < -0.39 is 6.04 Å². The van der Waals surface area contributed by atoms with Gasteiger partial charge in [-0.3, -0.25) is 9.59 Å². The fourth-order valence-electron chi connectivity index (χ4n) is 3.94. The second kappa shape index (κ2) is 7.00. The minimum Gasteiger partial charge on any atom is -0.464 e. The van der Waals surface area contributed by atoms with Gasteiger partial charge in [0.05, 0.1) is 12.7 Å². The van der Waals surface area contributed by atoms with E-state index in [9.17, 15) is 9.59 Å². The number of nitrogens with zero attached hydrogens (tertiary/aromatic N) is 1. The minimum absolute atomic E-state index is 0.0206. The van der Waals surface area contributed by atoms with E-state index in [4.69, 9.17) is 4.42 Å². The number of hydrogen-bond acceptors (Lipinski definition) is 4. The van der Waals surface area contributed by atoms with E-state index in [0.29, 0.717) is 25.7 Å². The van der Waals surface area contributed by atoms with Gasteiger partial charge in [0.1, 0.15) is 11.6 Å². The highest BCUT2D eigenvalue weighted by Gasteiger charge is 2.35. The summed E-state index contributed by atoms with van der Waals surface area (Å²) >= 11 is 0. The molecule has 144 valence electrons. The van der Waals surface area contributed by atoms with Gasteiger partial charge >= 0.3 is 0 Å². The molecule has 0 spiro atoms. The summed E-state index contributed by atoms with van der Waals surface area (Å²) in [5.74, 6) is -0.0643. The van der Waals surface area contributed by atoms with Crippen LogP contribution in [0.2, 0.25) is 0 Å². The molecule has 2 heterocycles. The van der Waals surface area contributed by atoms with E-state index in [2.05, 4.69) is 30.5 Å². The zero-order valence-electron chi connectivity index (χ0n) is 16.2. The van der Waals surface area contributed by atoms with Crippen molar-refractivity contribution in [3.63, 3.8) is 0 Å². The lowest BCUT2D eigenvalue weighted by molar-refractivity contribution is -0.141. The molecular weight excluding hydrogens is 342 g/mol. The fourth-order valence-corrected chi connectivity index (χ4v) is 3.94. The minimum atomic E-state index is -0.435. The number of rotatable bonds is 4. The first-order valence-corrected chi connectivity index (χ1v) is 9.73. The van der Waals surface area contributed by atoms with Gasteiger partial charge < -0.3 is 20.0 Å². The summed E-state index contributed by atoms with van der Waals surface area (Å²) in [6.07, 6.45) is 4.03. The van der Waals surface area contributed by atoms with Crippen LogP contribution in [0, 0.1) is 20.8 Å². The molecule has 27 heavy (non-hydrogen) atoms. The van der Waals surface area contributed by atoms with Crippen molar-refractivity contribution in [1.29, 1.82) is 0 Å². The third kappa shape index (κ3) is 3.46. The Kier molecular flexibility index (Phi) is 4.68. The van der Waals surface area contributed by atoms with Gasteiger partial charge in [-0.05, 0) is 50.3 Å². The lowest BCUT2D eigenvalue weighted by Gasteiger charge is -2.35. The molecule has 6 nitrogen and oxygen atoms in total. The molecule has 2 N–H and O–H groups in total. The predicted octanol–water partition coefficient (Wildman–Crippen LogP) is 1.98. The molecule has 1 aliphatic heterocycles. The van der Waals surface area contributed by atoms with E-state index in [0.717, 1.165) is 40.5 Å².